The lowest BCUT2D eigenvalue weighted by Gasteiger charge is -2.30. The van der Waals surface area contributed by atoms with Gasteiger partial charge in [-0.1, -0.05) is 0 Å². The SMILES string of the molecule is CC(C)Oc1cc(Oc2ccc(N(CC3CC3)C(CC=O)C(=O)O)cc2)cc(C(=O)Nc2nccs2)c1. The number of carbonyl (C=O) groups is 3. The Hall–Kier alpha value is -3.92. The van der Waals surface area contributed by atoms with E-state index in [9.17, 15) is 19.5 Å². The molecule has 1 atom stereocenters. The van der Waals surface area contributed by atoms with Gasteiger partial charge in [-0.05, 0) is 69.0 Å². The maximum atomic E-state index is 12.8. The number of nitrogens with zero attached hydrogens (tertiary/aromatic N) is 2. The zero-order valence-electron chi connectivity index (χ0n) is 20.6. The lowest BCUT2D eigenvalue weighted by Crippen LogP contribution is -2.43. The van der Waals surface area contributed by atoms with E-state index in [4.69, 9.17) is 9.47 Å². The van der Waals surface area contributed by atoms with Crippen LogP contribution in [-0.4, -0.2) is 46.9 Å². The zero-order valence-corrected chi connectivity index (χ0v) is 21.4. The molecule has 194 valence electrons. The summed E-state index contributed by atoms with van der Waals surface area (Å²) in [5, 5.41) is 14.7. The molecule has 10 heteroatoms. The number of aromatic nitrogens is 1. The van der Waals surface area contributed by atoms with Crippen LogP contribution in [0.5, 0.6) is 17.2 Å². The fourth-order valence-electron chi connectivity index (χ4n) is 3.84. The van der Waals surface area contributed by atoms with Gasteiger partial charge in [-0.15, -0.1) is 11.3 Å². The van der Waals surface area contributed by atoms with Crippen LogP contribution in [0.4, 0.5) is 10.8 Å². The van der Waals surface area contributed by atoms with Gasteiger partial charge < -0.3 is 24.3 Å². The monoisotopic (exact) mass is 523 g/mol. The van der Waals surface area contributed by atoms with E-state index >= 15 is 0 Å². The summed E-state index contributed by atoms with van der Waals surface area (Å²) >= 11 is 1.32. The molecule has 2 N–H and O–H groups in total. The van der Waals surface area contributed by atoms with Crippen molar-refractivity contribution >= 4 is 40.3 Å². The van der Waals surface area contributed by atoms with Crippen molar-refractivity contribution in [1.82, 2.24) is 4.98 Å². The molecular weight excluding hydrogens is 494 g/mol. The molecule has 1 unspecified atom stereocenters. The summed E-state index contributed by atoms with van der Waals surface area (Å²) in [6.07, 6.45) is 4.17. The van der Waals surface area contributed by atoms with Gasteiger partial charge in [0.05, 0.1) is 6.10 Å². The fraction of sp³-hybridized carbons (Fsp3) is 0.333. The predicted molar refractivity (Wildman–Crippen MR) is 141 cm³/mol. The number of aldehydes is 1. The quantitative estimate of drug-likeness (QED) is 0.292. The lowest BCUT2D eigenvalue weighted by molar-refractivity contribution is -0.139. The van der Waals surface area contributed by atoms with Crippen molar-refractivity contribution in [3.8, 4) is 17.2 Å². The molecule has 2 aromatic carbocycles. The number of rotatable bonds is 13. The number of benzene rings is 2. The molecule has 0 saturated heterocycles. The molecule has 1 heterocycles. The smallest absolute Gasteiger partial charge is 0.326 e. The second-order valence-electron chi connectivity index (χ2n) is 9.10. The van der Waals surface area contributed by atoms with Crippen LogP contribution < -0.4 is 19.7 Å². The highest BCUT2D eigenvalue weighted by Crippen LogP contribution is 2.34. The maximum absolute atomic E-state index is 12.8. The number of carbonyl (C=O) groups excluding carboxylic acids is 2. The second kappa shape index (κ2) is 11.9. The van der Waals surface area contributed by atoms with Crippen LogP contribution in [0.3, 0.4) is 0 Å². The Morgan fingerprint density at radius 3 is 2.49 bits per heavy atom. The van der Waals surface area contributed by atoms with Gasteiger partial charge in [-0.2, -0.15) is 0 Å². The van der Waals surface area contributed by atoms with E-state index in [-0.39, 0.29) is 18.4 Å². The van der Waals surface area contributed by atoms with E-state index in [0.717, 1.165) is 12.8 Å². The molecule has 1 fully saturated rings. The molecule has 0 aliphatic heterocycles. The largest absolute Gasteiger partial charge is 0.491 e. The van der Waals surface area contributed by atoms with Crippen LogP contribution in [-0.2, 0) is 9.59 Å². The number of anilines is 2. The first-order chi connectivity index (χ1) is 17.8. The Kier molecular flexibility index (Phi) is 8.39. The standard InChI is InChI=1S/C27H29N3O6S/c1-17(2)35-22-13-19(25(32)29-27-28-10-12-37-27)14-23(15-22)36-21-7-5-20(6-8-21)30(16-18-3-4-18)24(9-11-31)26(33)34/h5-8,10-15,17-18,24H,3-4,9,16H2,1-2H3,(H,33,34)(H,28,29,32). The van der Waals surface area contributed by atoms with Gasteiger partial charge in [0.1, 0.15) is 29.6 Å². The summed E-state index contributed by atoms with van der Waals surface area (Å²) in [6.45, 7) is 4.37. The number of thiazole rings is 1. The average molecular weight is 524 g/mol. The minimum atomic E-state index is -1.03. The molecule has 1 aliphatic rings. The Morgan fingerprint density at radius 1 is 1.16 bits per heavy atom. The molecule has 0 bridgehead atoms. The summed E-state index contributed by atoms with van der Waals surface area (Å²) in [4.78, 5) is 41.6. The molecule has 9 nitrogen and oxygen atoms in total. The van der Waals surface area contributed by atoms with E-state index in [1.165, 1.54) is 11.3 Å². The highest BCUT2D eigenvalue weighted by molar-refractivity contribution is 7.13. The van der Waals surface area contributed by atoms with Crippen molar-refractivity contribution in [2.24, 2.45) is 5.92 Å². The first kappa shape index (κ1) is 26.2. The van der Waals surface area contributed by atoms with Crippen LogP contribution >= 0.6 is 11.3 Å². The number of amides is 1. The first-order valence-corrected chi connectivity index (χ1v) is 12.9. The third-order valence-electron chi connectivity index (χ3n) is 5.70. The maximum Gasteiger partial charge on any atom is 0.326 e. The summed E-state index contributed by atoms with van der Waals surface area (Å²) in [7, 11) is 0. The summed E-state index contributed by atoms with van der Waals surface area (Å²) in [6, 6.07) is 11.1. The van der Waals surface area contributed by atoms with E-state index in [0.29, 0.717) is 52.4 Å². The number of ether oxygens (including phenoxy) is 2. The van der Waals surface area contributed by atoms with Gasteiger partial charge in [-0.25, -0.2) is 9.78 Å². The normalized spacial score (nSPS) is 13.6. The number of hydrogen-bond donors (Lipinski definition) is 2. The highest BCUT2D eigenvalue weighted by atomic mass is 32.1. The number of carboxylic acids is 1. The van der Waals surface area contributed by atoms with Gasteiger partial charge in [0.25, 0.3) is 5.91 Å². The van der Waals surface area contributed by atoms with E-state index in [2.05, 4.69) is 10.3 Å². The number of carboxylic acid groups (broad SMARTS) is 1. The average Bonchev–Trinajstić information content (AvgIpc) is 3.53. The molecule has 1 saturated carbocycles. The van der Waals surface area contributed by atoms with Crippen LogP contribution in [0, 0.1) is 5.92 Å². The van der Waals surface area contributed by atoms with Crippen LogP contribution in [0.15, 0.2) is 54.0 Å². The second-order valence-corrected chi connectivity index (χ2v) is 9.99. The van der Waals surface area contributed by atoms with Crippen LogP contribution in [0.25, 0.3) is 0 Å². The third kappa shape index (κ3) is 7.29. The van der Waals surface area contributed by atoms with Crippen molar-refractivity contribution in [3.63, 3.8) is 0 Å². The summed E-state index contributed by atoms with van der Waals surface area (Å²) in [5.74, 6) is 0.470. The predicted octanol–water partition coefficient (Wildman–Crippen LogP) is 5.23. The molecule has 0 spiro atoms. The molecule has 1 amide bonds. The molecule has 1 aromatic heterocycles. The van der Waals surface area contributed by atoms with Crippen LogP contribution in [0.1, 0.15) is 43.5 Å². The number of hydrogen-bond acceptors (Lipinski definition) is 8. The molecule has 0 radical (unpaired) electrons. The molecule has 4 rings (SSSR count). The molecular formula is C27H29N3O6S. The fourth-order valence-corrected chi connectivity index (χ4v) is 4.37. The van der Waals surface area contributed by atoms with E-state index < -0.39 is 12.0 Å². The Bertz CT molecular complexity index is 1230. The Labute approximate surface area is 219 Å². The van der Waals surface area contributed by atoms with Crippen molar-refractivity contribution in [3.05, 3.63) is 59.6 Å². The van der Waals surface area contributed by atoms with Gasteiger partial charge in [0.2, 0.25) is 0 Å². The topological polar surface area (TPSA) is 118 Å². The first-order valence-electron chi connectivity index (χ1n) is 12.1. The minimum absolute atomic E-state index is 0.0885. The van der Waals surface area contributed by atoms with Crippen LogP contribution in [0.2, 0.25) is 0 Å². The lowest BCUT2D eigenvalue weighted by atomic mass is 10.1. The Morgan fingerprint density at radius 2 is 1.89 bits per heavy atom. The molecule has 37 heavy (non-hydrogen) atoms. The van der Waals surface area contributed by atoms with Crippen molar-refractivity contribution in [2.75, 3.05) is 16.8 Å². The van der Waals surface area contributed by atoms with Crippen molar-refractivity contribution in [2.45, 2.75) is 45.3 Å². The third-order valence-corrected chi connectivity index (χ3v) is 6.39. The number of nitrogens with one attached hydrogen (secondary N) is 1. The molecule has 1 aliphatic carbocycles. The summed E-state index contributed by atoms with van der Waals surface area (Å²) < 4.78 is 11.9. The number of aliphatic carboxylic acids is 1. The van der Waals surface area contributed by atoms with Gasteiger partial charge in [0.15, 0.2) is 5.13 Å². The van der Waals surface area contributed by atoms with Gasteiger partial charge >= 0.3 is 5.97 Å². The van der Waals surface area contributed by atoms with Crippen molar-refractivity contribution in [1.29, 1.82) is 0 Å². The molecule has 3 aromatic rings. The zero-order chi connectivity index (χ0) is 26.4. The minimum Gasteiger partial charge on any atom is -0.491 e. The van der Waals surface area contributed by atoms with Crippen molar-refractivity contribution < 1.29 is 29.0 Å². The van der Waals surface area contributed by atoms with E-state index in [1.807, 2.05) is 13.8 Å². The highest BCUT2D eigenvalue weighted by Gasteiger charge is 2.31. The summed E-state index contributed by atoms with van der Waals surface area (Å²) in [5.41, 5.74) is 1.06. The Balaban J connectivity index is 1.55. The van der Waals surface area contributed by atoms with E-state index in [1.54, 1.807) is 58.9 Å². The van der Waals surface area contributed by atoms with Gasteiger partial charge in [-0.3, -0.25) is 10.1 Å². The van der Waals surface area contributed by atoms with Gasteiger partial charge in [0, 0.05) is 41.9 Å².